The van der Waals surface area contributed by atoms with Gasteiger partial charge >= 0.3 is 0 Å². The van der Waals surface area contributed by atoms with Crippen molar-refractivity contribution in [2.75, 3.05) is 5.32 Å². The van der Waals surface area contributed by atoms with Gasteiger partial charge in [-0.2, -0.15) is 5.10 Å². The van der Waals surface area contributed by atoms with E-state index in [1.807, 2.05) is 37.3 Å². The van der Waals surface area contributed by atoms with Crippen LogP contribution in [0.3, 0.4) is 0 Å². The fraction of sp³-hybridized carbons (Fsp3) is 0.318. The van der Waals surface area contributed by atoms with E-state index in [1.165, 1.54) is 4.68 Å². The number of hydrogen-bond donors (Lipinski definition) is 1. The molecule has 0 fully saturated rings. The summed E-state index contributed by atoms with van der Waals surface area (Å²) in [5.74, 6) is -0.312. The molecule has 0 aliphatic heterocycles. The third-order valence-corrected chi connectivity index (χ3v) is 4.50. The largest absolute Gasteiger partial charge is 0.320 e. The Morgan fingerprint density at radius 2 is 1.67 bits per heavy atom. The molecule has 2 aromatic carbocycles. The van der Waals surface area contributed by atoms with Crippen LogP contribution in [0.2, 0.25) is 0 Å². The maximum atomic E-state index is 13.1. The molecule has 0 saturated carbocycles. The SMILES string of the molecule is CCCn1nc(C(=O)Nc2ccccc2C(C)(C)C)c2ccccc2c1=O. The number of fused-ring (bicyclic) bond motifs is 1. The van der Waals surface area contributed by atoms with Crippen LogP contribution in [0, 0.1) is 0 Å². The molecule has 1 heterocycles. The molecule has 5 nitrogen and oxygen atoms in total. The number of para-hydroxylation sites is 1. The van der Waals surface area contributed by atoms with E-state index in [1.54, 1.807) is 18.2 Å². The van der Waals surface area contributed by atoms with Gasteiger partial charge in [0.1, 0.15) is 0 Å². The molecule has 0 radical (unpaired) electrons. The summed E-state index contributed by atoms with van der Waals surface area (Å²) in [7, 11) is 0. The Morgan fingerprint density at radius 1 is 1.04 bits per heavy atom. The molecule has 3 aromatic rings. The van der Waals surface area contributed by atoms with Gasteiger partial charge in [0, 0.05) is 17.6 Å². The van der Waals surface area contributed by atoms with Crippen molar-refractivity contribution in [3.05, 3.63) is 70.1 Å². The molecule has 1 amide bonds. The maximum absolute atomic E-state index is 13.1. The van der Waals surface area contributed by atoms with Gasteiger partial charge in [-0.05, 0) is 29.5 Å². The summed E-state index contributed by atoms with van der Waals surface area (Å²) in [5, 5.41) is 8.45. The zero-order chi connectivity index (χ0) is 19.6. The number of amides is 1. The van der Waals surface area contributed by atoms with Crippen LogP contribution in [0.15, 0.2) is 53.3 Å². The van der Waals surface area contributed by atoms with Crippen molar-refractivity contribution in [2.24, 2.45) is 0 Å². The number of hydrogen-bond acceptors (Lipinski definition) is 3. The fourth-order valence-electron chi connectivity index (χ4n) is 3.19. The van der Waals surface area contributed by atoms with E-state index in [0.29, 0.717) is 17.3 Å². The van der Waals surface area contributed by atoms with E-state index in [-0.39, 0.29) is 22.6 Å². The Labute approximate surface area is 159 Å². The molecule has 3 rings (SSSR count). The summed E-state index contributed by atoms with van der Waals surface area (Å²) in [6, 6.07) is 14.9. The number of nitrogens with zero attached hydrogens (tertiary/aromatic N) is 2. The molecule has 0 spiro atoms. The minimum Gasteiger partial charge on any atom is -0.320 e. The van der Waals surface area contributed by atoms with Crippen LogP contribution in [0.5, 0.6) is 0 Å². The molecule has 0 aliphatic carbocycles. The lowest BCUT2D eigenvalue weighted by Crippen LogP contribution is -2.28. The number of benzene rings is 2. The number of nitrogens with one attached hydrogen (secondary N) is 1. The molecular weight excluding hydrogens is 338 g/mol. The highest BCUT2D eigenvalue weighted by Gasteiger charge is 2.21. The molecule has 1 aromatic heterocycles. The number of carbonyl (C=O) groups is 1. The van der Waals surface area contributed by atoms with Gasteiger partial charge in [-0.25, -0.2) is 4.68 Å². The summed E-state index contributed by atoms with van der Waals surface area (Å²) < 4.78 is 1.38. The van der Waals surface area contributed by atoms with Gasteiger partial charge in [0.15, 0.2) is 5.69 Å². The van der Waals surface area contributed by atoms with Crippen LogP contribution in [0.1, 0.15) is 50.2 Å². The minimum absolute atomic E-state index is 0.111. The van der Waals surface area contributed by atoms with Crippen LogP contribution in [0.4, 0.5) is 5.69 Å². The first-order valence-corrected chi connectivity index (χ1v) is 9.23. The third kappa shape index (κ3) is 3.77. The highest BCUT2D eigenvalue weighted by Crippen LogP contribution is 2.29. The molecule has 27 heavy (non-hydrogen) atoms. The van der Waals surface area contributed by atoms with Crippen LogP contribution >= 0.6 is 0 Å². The first kappa shape index (κ1) is 18.8. The van der Waals surface area contributed by atoms with Gasteiger partial charge < -0.3 is 5.32 Å². The average molecular weight is 363 g/mol. The maximum Gasteiger partial charge on any atom is 0.276 e. The van der Waals surface area contributed by atoms with Crippen LogP contribution in [-0.4, -0.2) is 15.7 Å². The lowest BCUT2D eigenvalue weighted by Gasteiger charge is -2.23. The van der Waals surface area contributed by atoms with Crippen molar-refractivity contribution in [3.63, 3.8) is 0 Å². The standard InChI is InChI=1S/C22H25N3O2/c1-5-14-25-21(27)16-11-7-6-10-15(16)19(24-25)20(26)23-18-13-9-8-12-17(18)22(2,3)4/h6-13H,5,14H2,1-4H3,(H,23,26). The molecular formula is C22H25N3O2. The summed E-state index contributed by atoms with van der Waals surface area (Å²) in [6.07, 6.45) is 0.763. The van der Waals surface area contributed by atoms with Crippen molar-refractivity contribution in [1.29, 1.82) is 0 Å². The highest BCUT2D eigenvalue weighted by atomic mass is 16.2. The second-order valence-electron chi connectivity index (χ2n) is 7.67. The van der Waals surface area contributed by atoms with Gasteiger partial charge in [-0.15, -0.1) is 0 Å². The molecule has 0 atom stereocenters. The van der Waals surface area contributed by atoms with Crippen LogP contribution in [-0.2, 0) is 12.0 Å². The molecule has 0 unspecified atom stereocenters. The van der Waals surface area contributed by atoms with E-state index in [9.17, 15) is 9.59 Å². The predicted octanol–water partition coefficient (Wildman–Crippen LogP) is 4.36. The third-order valence-electron chi connectivity index (χ3n) is 4.50. The van der Waals surface area contributed by atoms with Crippen molar-refractivity contribution in [1.82, 2.24) is 9.78 Å². The number of aryl methyl sites for hydroxylation is 1. The van der Waals surface area contributed by atoms with E-state index >= 15 is 0 Å². The quantitative estimate of drug-likeness (QED) is 0.749. The van der Waals surface area contributed by atoms with Gasteiger partial charge in [-0.1, -0.05) is 64.1 Å². The van der Waals surface area contributed by atoms with Gasteiger partial charge in [0.05, 0.1) is 5.39 Å². The fourth-order valence-corrected chi connectivity index (χ4v) is 3.19. The Hall–Kier alpha value is -2.95. The Bertz CT molecular complexity index is 1050. The van der Waals surface area contributed by atoms with Crippen molar-refractivity contribution >= 4 is 22.4 Å². The Kier molecular flexibility index (Phi) is 5.13. The number of aromatic nitrogens is 2. The topological polar surface area (TPSA) is 64.0 Å². The molecule has 0 bridgehead atoms. The van der Waals surface area contributed by atoms with E-state index in [4.69, 9.17) is 0 Å². The molecule has 140 valence electrons. The lowest BCUT2D eigenvalue weighted by atomic mass is 9.86. The van der Waals surface area contributed by atoms with Crippen molar-refractivity contribution in [3.8, 4) is 0 Å². The first-order valence-electron chi connectivity index (χ1n) is 9.23. The second-order valence-corrected chi connectivity index (χ2v) is 7.67. The number of carbonyl (C=O) groups excluding carboxylic acids is 1. The van der Waals surface area contributed by atoms with Crippen molar-refractivity contribution < 1.29 is 4.79 Å². The molecule has 0 aliphatic rings. The molecule has 5 heteroatoms. The van der Waals surface area contributed by atoms with Crippen LogP contribution in [0.25, 0.3) is 10.8 Å². The van der Waals surface area contributed by atoms with Crippen LogP contribution < -0.4 is 10.9 Å². The van der Waals surface area contributed by atoms with Gasteiger partial charge in [-0.3, -0.25) is 9.59 Å². The first-order chi connectivity index (χ1) is 12.8. The zero-order valence-corrected chi connectivity index (χ0v) is 16.2. The average Bonchev–Trinajstić information content (AvgIpc) is 2.63. The predicted molar refractivity (Wildman–Crippen MR) is 109 cm³/mol. The summed E-state index contributed by atoms with van der Waals surface area (Å²) in [5.41, 5.74) is 1.79. The van der Waals surface area contributed by atoms with E-state index in [0.717, 1.165) is 17.7 Å². The van der Waals surface area contributed by atoms with Crippen molar-refractivity contribution in [2.45, 2.75) is 46.1 Å². The minimum atomic E-state index is -0.312. The highest BCUT2D eigenvalue weighted by molar-refractivity contribution is 6.11. The normalized spacial score (nSPS) is 11.6. The van der Waals surface area contributed by atoms with Gasteiger partial charge in [0.25, 0.3) is 11.5 Å². The lowest BCUT2D eigenvalue weighted by molar-refractivity contribution is 0.102. The Balaban J connectivity index is 2.10. The summed E-state index contributed by atoms with van der Waals surface area (Å²) in [6.45, 7) is 8.76. The monoisotopic (exact) mass is 363 g/mol. The zero-order valence-electron chi connectivity index (χ0n) is 16.2. The number of anilines is 1. The van der Waals surface area contributed by atoms with Gasteiger partial charge in [0.2, 0.25) is 0 Å². The second kappa shape index (κ2) is 7.35. The summed E-state index contributed by atoms with van der Waals surface area (Å²) >= 11 is 0. The summed E-state index contributed by atoms with van der Waals surface area (Å²) in [4.78, 5) is 25.7. The van der Waals surface area contributed by atoms with E-state index in [2.05, 4.69) is 31.2 Å². The molecule has 0 saturated heterocycles. The number of rotatable bonds is 4. The molecule has 1 N–H and O–H groups in total. The Morgan fingerprint density at radius 3 is 2.33 bits per heavy atom. The van der Waals surface area contributed by atoms with E-state index < -0.39 is 0 Å². The smallest absolute Gasteiger partial charge is 0.276 e.